The minimum absolute atomic E-state index is 0.133. The number of nitrogens with zero attached hydrogens (tertiary/aromatic N) is 5. The molecule has 1 fully saturated rings. The van der Waals surface area contributed by atoms with Gasteiger partial charge in [0.2, 0.25) is 0 Å². The molecule has 2 aliphatic heterocycles. The standard InChI is InChI=1S/C22H31N5O2/c1-15-20(17-5-3-4-6-18(17)29-15)22(28)26-12-9-19-23-24-21(27(19)14-13-26)16-7-10-25(2)11-8-16/h16H,3-14H2,1-2H3. The minimum Gasteiger partial charge on any atom is -0.465 e. The molecule has 0 unspecified atom stereocenters. The van der Waals surface area contributed by atoms with E-state index in [1.807, 2.05) is 11.8 Å². The van der Waals surface area contributed by atoms with E-state index in [0.717, 1.165) is 98.9 Å². The Morgan fingerprint density at radius 3 is 2.62 bits per heavy atom. The zero-order valence-corrected chi connectivity index (χ0v) is 17.6. The molecule has 0 atom stereocenters. The third-order valence-corrected chi connectivity index (χ3v) is 6.99. The third-order valence-electron chi connectivity index (χ3n) is 6.99. The molecule has 1 amide bonds. The van der Waals surface area contributed by atoms with Crippen molar-refractivity contribution in [2.45, 2.75) is 64.3 Å². The predicted molar refractivity (Wildman–Crippen MR) is 109 cm³/mol. The van der Waals surface area contributed by atoms with Crippen molar-refractivity contribution in [2.24, 2.45) is 0 Å². The molecule has 2 aromatic rings. The number of rotatable bonds is 2. The van der Waals surface area contributed by atoms with Crippen LogP contribution in [0, 0.1) is 6.92 Å². The summed E-state index contributed by atoms with van der Waals surface area (Å²) < 4.78 is 8.25. The average Bonchev–Trinajstić information content (AvgIpc) is 3.21. The Morgan fingerprint density at radius 2 is 1.79 bits per heavy atom. The van der Waals surface area contributed by atoms with Crippen LogP contribution in [0.25, 0.3) is 0 Å². The van der Waals surface area contributed by atoms with Gasteiger partial charge < -0.3 is 18.8 Å². The first-order valence-corrected chi connectivity index (χ1v) is 11.1. The monoisotopic (exact) mass is 397 g/mol. The van der Waals surface area contributed by atoms with E-state index in [4.69, 9.17) is 4.42 Å². The fourth-order valence-electron chi connectivity index (χ4n) is 5.26. The molecule has 0 saturated carbocycles. The van der Waals surface area contributed by atoms with Gasteiger partial charge in [-0.25, -0.2) is 0 Å². The van der Waals surface area contributed by atoms with Gasteiger partial charge in [0, 0.05) is 44.0 Å². The highest BCUT2D eigenvalue weighted by molar-refractivity contribution is 5.97. The quantitative estimate of drug-likeness (QED) is 0.779. The number of aryl methyl sites for hydroxylation is 2. The largest absolute Gasteiger partial charge is 0.465 e. The van der Waals surface area contributed by atoms with Gasteiger partial charge in [0.05, 0.1) is 5.56 Å². The molecule has 0 spiro atoms. The summed E-state index contributed by atoms with van der Waals surface area (Å²) in [5.41, 5.74) is 1.99. The van der Waals surface area contributed by atoms with Crippen molar-refractivity contribution < 1.29 is 9.21 Å². The Kier molecular flexibility index (Phi) is 4.94. The van der Waals surface area contributed by atoms with Crippen LogP contribution in [0.3, 0.4) is 0 Å². The van der Waals surface area contributed by atoms with Crippen LogP contribution in [0.5, 0.6) is 0 Å². The normalized spacial score (nSPS) is 21.0. The Labute approximate surface area is 172 Å². The predicted octanol–water partition coefficient (Wildman–Crippen LogP) is 2.57. The molecule has 0 radical (unpaired) electrons. The Hall–Kier alpha value is -2.15. The number of furan rings is 1. The second-order valence-electron chi connectivity index (χ2n) is 8.89. The number of fused-ring (bicyclic) bond motifs is 2. The van der Waals surface area contributed by atoms with Gasteiger partial charge in [-0.15, -0.1) is 10.2 Å². The van der Waals surface area contributed by atoms with Crippen molar-refractivity contribution in [1.82, 2.24) is 24.6 Å². The zero-order chi connectivity index (χ0) is 20.0. The van der Waals surface area contributed by atoms with Gasteiger partial charge >= 0.3 is 0 Å². The number of amides is 1. The molecule has 1 aliphatic carbocycles. The molecule has 0 bridgehead atoms. The Morgan fingerprint density at radius 1 is 1.00 bits per heavy atom. The number of aromatic nitrogens is 3. The van der Waals surface area contributed by atoms with E-state index in [0.29, 0.717) is 19.0 Å². The van der Waals surface area contributed by atoms with Gasteiger partial charge in [-0.05, 0) is 59.2 Å². The van der Waals surface area contributed by atoms with Gasteiger partial charge in [0.1, 0.15) is 23.2 Å². The Bertz CT molecular complexity index is 907. The van der Waals surface area contributed by atoms with Gasteiger partial charge in [-0.1, -0.05) is 0 Å². The topological polar surface area (TPSA) is 67.4 Å². The molecule has 156 valence electrons. The van der Waals surface area contributed by atoms with E-state index in [1.54, 1.807) is 0 Å². The molecule has 3 aliphatic rings. The van der Waals surface area contributed by atoms with E-state index in [-0.39, 0.29) is 5.91 Å². The second-order valence-corrected chi connectivity index (χ2v) is 8.89. The number of carbonyl (C=O) groups is 1. The molecule has 1 saturated heterocycles. The lowest BCUT2D eigenvalue weighted by molar-refractivity contribution is 0.0755. The van der Waals surface area contributed by atoms with Crippen molar-refractivity contribution in [2.75, 3.05) is 33.2 Å². The molecule has 2 aromatic heterocycles. The molecule has 0 N–H and O–H groups in total. The zero-order valence-electron chi connectivity index (χ0n) is 17.6. The van der Waals surface area contributed by atoms with Crippen molar-refractivity contribution in [3.05, 3.63) is 34.3 Å². The molecule has 0 aromatic carbocycles. The van der Waals surface area contributed by atoms with Gasteiger partial charge in [0.25, 0.3) is 5.91 Å². The van der Waals surface area contributed by atoms with E-state index in [1.165, 1.54) is 0 Å². The lowest BCUT2D eigenvalue weighted by Crippen LogP contribution is -2.35. The first-order valence-electron chi connectivity index (χ1n) is 11.1. The van der Waals surface area contributed by atoms with Crippen LogP contribution in [0.1, 0.15) is 70.7 Å². The first kappa shape index (κ1) is 18.9. The molecule has 5 rings (SSSR count). The highest BCUT2D eigenvalue weighted by atomic mass is 16.3. The van der Waals surface area contributed by atoms with Crippen LogP contribution in [0.15, 0.2) is 4.42 Å². The third kappa shape index (κ3) is 3.39. The summed E-state index contributed by atoms with van der Waals surface area (Å²) in [5, 5.41) is 9.05. The summed E-state index contributed by atoms with van der Waals surface area (Å²) in [6.07, 6.45) is 7.27. The van der Waals surface area contributed by atoms with Crippen LogP contribution in [-0.2, 0) is 25.8 Å². The van der Waals surface area contributed by atoms with Crippen molar-refractivity contribution >= 4 is 5.91 Å². The lowest BCUT2D eigenvalue weighted by atomic mass is 9.94. The van der Waals surface area contributed by atoms with Crippen molar-refractivity contribution in [1.29, 1.82) is 0 Å². The number of hydrogen-bond donors (Lipinski definition) is 0. The number of piperidine rings is 1. The number of likely N-dealkylation sites (tertiary alicyclic amines) is 1. The molecule has 7 nitrogen and oxygen atoms in total. The molecular formula is C22H31N5O2. The Balaban J connectivity index is 1.34. The van der Waals surface area contributed by atoms with Gasteiger partial charge in [-0.2, -0.15) is 0 Å². The fraction of sp³-hybridized carbons (Fsp3) is 0.682. The highest BCUT2D eigenvalue weighted by Crippen LogP contribution is 2.31. The average molecular weight is 398 g/mol. The summed E-state index contributed by atoms with van der Waals surface area (Å²) in [4.78, 5) is 17.8. The maximum atomic E-state index is 13.4. The SMILES string of the molecule is Cc1oc2c(c1C(=O)N1CCc3nnc(C4CCN(C)CC4)n3CC1)CCCC2. The number of hydrogen-bond acceptors (Lipinski definition) is 5. The van der Waals surface area contributed by atoms with Crippen LogP contribution in [-0.4, -0.2) is 63.7 Å². The van der Waals surface area contributed by atoms with E-state index < -0.39 is 0 Å². The fourth-order valence-corrected chi connectivity index (χ4v) is 5.26. The van der Waals surface area contributed by atoms with Crippen LogP contribution < -0.4 is 0 Å². The maximum absolute atomic E-state index is 13.4. The van der Waals surface area contributed by atoms with Gasteiger partial charge in [-0.3, -0.25) is 4.79 Å². The van der Waals surface area contributed by atoms with Crippen LogP contribution >= 0.6 is 0 Å². The van der Waals surface area contributed by atoms with E-state index >= 15 is 0 Å². The minimum atomic E-state index is 0.133. The molecular weight excluding hydrogens is 366 g/mol. The van der Waals surface area contributed by atoms with Crippen molar-refractivity contribution in [3.8, 4) is 0 Å². The summed E-state index contributed by atoms with van der Waals surface area (Å²) >= 11 is 0. The smallest absolute Gasteiger partial charge is 0.257 e. The first-order chi connectivity index (χ1) is 14.1. The van der Waals surface area contributed by atoms with Crippen LogP contribution in [0.2, 0.25) is 0 Å². The van der Waals surface area contributed by atoms with Gasteiger partial charge in [0.15, 0.2) is 0 Å². The molecule has 7 heteroatoms. The molecule has 29 heavy (non-hydrogen) atoms. The summed E-state index contributed by atoms with van der Waals surface area (Å²) in [6, 6.07) is 0. The van der Waals surface area contributed by atoms with Crippen LogP contribution in [0.4, 0.5) is 0 Å². The lowest BCUT2D eigenvalue weighted by Gasteiger charge is -2.28. The van der Waals surface area contributed by atoms with E-state index in [9.17, 15) is 4.79 Å². The molecule has 4 heterocycles. The van der Waals surface area contributed by atoms with E-state index in [2.05, 4.69) is 26.7 Å². The van der Waals surface area contributed by atoms with Crippen molar-refractivity contribution in [3.63, 3.8) is 0 Å². The summed E-state index contributed by atoms with van der Waals surface area (Å²) in [5.74, 6) is 4.59. The second kappa shape index (κ2) is 7.59. The number of carbonyl (C=O) groups excluding carboxylic acids is 1. The highest BCUT2D eigenvalue weighted by Gasteiger charge is 2.31. The summed E-state index contributed by atoms with van der Waals surface area (Å²) in [6.45, 7) is 6.36. The maximum Gasteiger partial charge on any atom is 0.257 e. The summed E-state index contributed by atoms with van der Waals surface area (Å²) in [7, 11) is 2.18.